The van der Waals surface area contributed by atoms with Crippen LogP contribution in [0.5, 0.6) is 0 Å². The number of nitrogens with two attached hydrogens (primary N) is 1. The Morgan fingerprint density at radius 3 is 2.35 bits per heavy atom. The maximum Gasteiger partial charge on any atom is 0.237 e. The van der Waals surface area contributed by atoms with E-state index in [0.29, 0.717) is 12.8 Å². The molecule has 0 saturated carbocycles. The molecule has 0 spiro atoms. The van der Waals surface area contributed by atoms with Crippen molar-refractivity contribution >= 4 is 7.82 Å². The number of phosphoric ester groups is 1. The van der Waals surface area contributed by atoms with E-state index in [4.69, 9.17) is 33.7 Å². The van der Waals surface area contributed by atoms with E-state index < -0.39 is 25.6 Å². The Bertz CT molecular complexity index is 573. The molecule has 0 aromatic carbocycles. The third-order valence-electron chi connectivity index (χ3n) is 4.92. The molecule has 2 N–H and O–H groups in total. The van der Waals surface area contributed by atoms with E-state index >= 15 is 0 Å². The van der Waals surface area contributed by atoms with Gasteiger partial charge in [0.25, 0.3) is 0 Å². The van der Waals surface area contributed by atoms with Crippen molar-refractivity contribution in [2.75, 3.05) is 13.2 Å². The van der Waals surface area contributed by atoms with Gasteiger partial charge in [0.05, 0.1) is 37.1 Å². The van der Waals surface area contributed by atoms with E-state index in [1.165, 1.54) is 0 Å². The van der Waals surface area contributed by atoms with E-state index in [0.717, 1.165) is 6.61 Å². The maximum atomic E-state index is 12.5. The Labute approximate surface area is 214 Å². The van der Waals surface area contributed by atoms with Crippen molar-refractivity contribution in [3.8, 4) is 0 Å². The molecule has 2 aliphatic heterocycles. The van der Waals surface area contributed by atoms with Gasteiger partial charge in [-0.05, 0) is 54.1 Å². The molecule has 12 heteroatoms. The van der Waals surface area contributed by atoms with Crippen LogP contribution in [0.2, 0.25) is 0 Å². The molecule has 2 rings (SSSR count). The van der Waals surface area contributed by atoms with Crippen molar-refractivity contribution in [1.29, 1.82) is 0 Å². The molecule has 0 aliphatic carbocycles. The molecular formula is C19H36NO8PW2-2. The van der Waals surface area contributed by atoms with E-state index in [1.807, 2.05) is 41.5 Å². The van der Waals surface area contributed by atoms with Gasteiger partial charge in [-0.15, -0.1) is 0 Å². The van der Waals surface area contributed by atoms with Gasteiger partial charge in [-0.3, -0.25) is 4.57 Å². The summed E-state index contributed by atoms with van der Waals surface area (Å²) in [6.45, 7) is 12.7. The van der Waals surface area contributed by atoms with Crippen LogP contribution in [0.15, 0.2) is 0 Å². The minimum absolute atomic E-state index is 0. The van der Waals surface area contributed by atoms with Crippen molar-refractivity contribution in [3.63, 3.8) is 0 Å². The number of ether oxygens (including phenoxy) is 4. The van der Waals surface area contributed by atoms with Crippen LogP contribution in [0.1, 0.15) is 54.4 Å². The fourth-order valence-corrected chi connectivity index (χ4v) is 4.55. The summed E-state index contributed by atoms with van der Waals surface area (Å²) in [6, 6.07) is 0. The topological polar surface area (TPSA) is 122 Å². The van der Waals surface area contributed by atoms with Gasteiger partial charge in [-0.2, -0.15) is 6.61 Å². The monoisotopic (exact) mass is 805 g/mol. The molecule has 2 aliphatic rings. The molecule has 0 bridgehead atoms. The number of hydrogen-bond acceptors (Lipinski definition) is 9. The third-order valence-corrected chi connectivity index (χ3v) is 5.82. The Morgan fingerprint density at radius 1 is 1.16 bits per heavy atom. The first-order valence-corrected chi connectivity index (χ1v) is 11.7. The summed E-state index contributed by atoms with van der Waals surface area (Å²) in [5.74, 6) is 0. The summed E-state index contributed by atoms with van der Waals surface area (Å²) in [7, 11) is -4.67. The molecule has 9 nitrogen and oxygen atoms in total. The molecule has 0 aromatic rings. The first kappa shape index (κ1) is 32.3. The van der Waals surface area contributed by atoms with Gasteiger partial charge in [-0.1, -0.05) is 0 Å². The Hall–Kier alpha value is 1.29. The number of hydrogen-bond donors (Lipinski definition) is 1. The van der Waals surface area contributed by atoms with Crippen LogP contribution in [0.3, 0.4) is 0 Å². The molecule has 7 atom stereocenters. The molecule has 0 amide bonds. The van der Waals surface area contributed by atoms with Gasteiger partial charge in [0.1, 0.15) is 11.7 Å². The predicted octanol–water partition coefficient (Wildman–Crippen LogP) is 1.92. The summed E-state index contributed by atoms with van der Waals surface area (Å²) in [6.07, 6.45) is -0.991. The van der Waals surface area contributed by atoms with Gasteiger partial charge in [0.15, 0.2) is 0 Å². The molecule has 2 fully saturated rings. The third kappa shape index (κ3) is 9.82. The minimum atomic E-state index is -4.67. The number of rotatable bonds is 11. The first-order chi connectivity index (χ1) is 13.5. The number of phosphoric acid groups is 1. The average molecular weight is 805 g/mol. The van der Waals surface area contributed by atoms with Gasteiger partial charge in [0.2, 0.25) is 7.82 Å². The zero-order valence-electron chi connectivity index (χ0n) is 19.1. The Morgan fingerprint density at radius 2 is 1.81 bits per heavy atom. The van der Waals surface area contributed by atoms with Crippen molar-refractivity contribution in [3.05, 3.63) is 6.61 Å². The van der Waals surface area contributed by atoms with Crippen LogP contribution in [0.4, 0.5) is 0 Å². The van der Waals surface area contributed by atoms with Crippen LogP contribution in [-0.4, -0.2) is 61.5 Å². The van der Waals surface area contributed by atoms with Crippen LogP contribution < -0.4 is 10.6 Å². The van der Waals surface area contributed by atoms with E-state index in [2.05, 4.69) is 0 Å². The van der Waals surface area contributed by atoms with Crippen LogP contribution in [0, 0.1) is 6.61 Å². The smallest absolute Gasteiger partial charge is 0.237 e. The average Bonchev–Trinajstić information content (AvgIpc) is 3.09. The van der Waals surface area contributed by atoms with Gasteiger partial charge in [-0.25, -0.2) is 0 Å². The fraction of sp³-hybridized carbons (Fsp3) is 0.947. The van der Waals surface area contributed by atoms with Gasteiger partial charge >= 0.3 is 0 Å². The molecule has 2 saturated heterocycles. The van der Waals surface area contributed by atoms with Gasteiger partial charge in [0, 0.05) is 55.1 Å². The zero-order valence-corrected chi connectivity index (χ0v) is 25.8. The molecule has 2 heterocycles. The molecular weight excluding hydrogens is 769 g/mol. The summed E-state index contributed by atoms with van der Waals surface area (Å²) in [5.41, 5.74) is 4.87. The Balaban J connectivity index is 0.00000450. The molecule has 0 aromatic heterocycles. The standard InChI is InChI=1S/C19H37NO8P.2W/c1-12(2)23-11-19(10-20)18(8-15(6)27-19)28-29(21,22)24-9-17-16(25-13(3)4)7-14(5)26-17;;/h9,12-18H,7-8,10-11,20H2,1-6H3,(H,21,22);;/q-1;;/p-1/t14-,15-,16?,17+,18?,19+;;/m0../s1. The SMILES string of the molecule is CC(C)OC[C@@]1(CN)O[C@@H](C)CC1OP(=O)([O-])O[CH-][C@H]1O[C@@H](C)CC1OC(C)C.[W].[W]. The normalized spacial score (nSPS) is 35.1. The Kier molecular flexibility index (Phi) is 14.6. The molecule has 3 unspecified atom stereocenters. The van der Waals surface area contributed by atoms with E-state index in [-0.39, 0.29) is 85.8 Å². The van der Waals surface area contributed by atoms with E-state index in [1.54, 1.807) is 0 Å². The summed E-state index contributed by atoms with van der Waals surface area (Å²) >= 11 is 0. The summed E-state index contributed by atoms with van der Waals surface area (Å²) < 4.78 is 46.0. The minimum Gasteiger partial charge on any atom is -0.758 e. The first-order valence-electron chi connectivity index (χ1n) is 10.3. The van der Waals surface area contributed by atoms with Crippen molar-refractivity contribution < 1.29 is 79.6 Å². The van der Waals surface area contributed by atoms with Crippen molar-refractivity contribution in [2.45, 2.75) is 103 Å². The fourth-order valence-electron chi connectivity index (χ4n) is 3.64. The quantitative estimate of drug-likeness (QED) is 0.247. The molecule has 31 heavy (non-hydrogen) atoms. The summed E-state index contributed by atoms with van der Waals surface area (Å²) in [4.78, 5) is 12.5. The second-order valence-corrected chi connectivity index (χ2v) is 9.76. The maximum absolute atomic E-state index is 12.5. The van der Waals surface area contributed by atoms with Crippen LogP contribution in [-0.2, 0) is 74.7 Å². The summed E-state index contributed by atoms with van der Waals surface area (Å²) in [5, 5.41) is 0. The van der Waals surface area contributed by atoms with Crippen LogP contribution >= 0.6 is 7.82 Å². The second-order valence-electron chi connectivity index (χ2n) is 8.45. The van der Waals surface area contributed by atoms with Crippen molar-refractivity contribution in [1.82, 2.24) is 0 Å². The van der Waals surface area contributed by atoms with Gasteiger partial charge < -0.3 is 38.6 Å². The molecule has 0 radical (unpaired) electrons. The second kappa shape index (κ2) is 14.0. The van der Waals surface area contributed by atoms with E-state index in [9.17, 15) is 9.46 Å². The molecule has 184 valence electrons. The predicted molar refractivity (Wildman–Crippen MR) is 105 cm³/mol. The van der Waals surface area contributed by atoms with Crippen molar-refractivity contribution in [2.24, 2.45) is 5.73 Å². The largest absolute Gasteiger partial charge is 0.758 e. The van der Waals surface area contributed by atoms with Crippen LogP contribution in [0.25, 0.3) is 0 Å². The zero-order chi connectivity index (χ0) is 21.8.